The first-order valence-electron chi connectivity index (χ1n) is 7.50. The van der Waals surface area contributed by atoms with Crippen LogP contribution in [0.25, 0.3) is 0 Å². The third-order valence-corrected chi connectivity index (χ3v) is 5.37. The average molecular weight is 251 g/mol. The van der Waals surface area contributed by atoms with Gasteiger partial charge in [0.05, 0.1) is 0 Å². The minimum absolute atomic E-state index is 0.185. The molecule has 0 aromatic heterocycles. The van der Waals surface area contributed by atoms with E-state index < -0.39 is 0 Å². The standard InChI is InChI=1S/C15H25NO2/c1-11-9-15(5-6-15)10-16(11)14(17)12(2)13-3-7-18-8-4-13/h11-13H,3-10H2,1-2H3/t11-,12?/m1/s1. The number of likely N-dealkylation sites (tertiary alicyclic amines) is 1. The normalized spacial score (nSPS) is 32.8. The maximum absolute atomic E-state index is 12.7. The third kappa shape index (κ3) is 2.18. The van der Waals surface area contributed by atoms with Crippen molar-refractivity contribution in [3.63, 3.8) is 0 Å². The van der Waals surface area contributed by atoms with E-state index in [1.54, 1.807) is 0 Å². The Bertz CT molecular complexity index is 331. The van der Waals surface area contributed by atoms with Gasteiger partial charge >= 0.3 is 0 Å². The predicted octanol–water partition coefficient (Wildman–Crippen LogP) is 2.45. The molecule has 2 heterocycles. The van der Waals surface area contributed by atoms with Crippen LogP contribution in [0.15, 0.2) is 0 Å². The van der Waals surface area contributed by atoms with E-state index in [0.717, 1.165) is 32.6 Å². The summed E-state index contributed by atoms with van der Waals surface area (Å²) < 4.78 is 5.39. The van der Waals surface area contributed by atoms with Gasteiger partial charge in [-0.15, -0.1) is 0 Å². The zero-order valence-corrected chi connectivity index (χ0v) is 11.7. The van der Waals surface area contributed by atoms with Crippen molar-refractivity contribution in [2.24, 2.45) is 17.3 Å². The molecular weight excluding hydrogens is 226 g/mol. The first-order valence-corrected chi connectivity index (χ1v) is 7.50. The fourth-order valence-corrected chi connectivity index (χ4v) is 3.83. The van der Waals surface area contributed by atoms with Crippen molar-refractivity contribution in [1.82, 2.24) is 4.90 Å². The van der Waals surface area contributed by atoms with Gasteiger partial charge in [-0.05, 0) is 50.4 Å². The van der Waals surface area contributed by atoms with E-state index in [4.69, 9.17) is 4.74 Å². The number of ether oxygens (including phenoxy) is 1. The molecule has 2 atom stereocenters. The first-order chi connectivity index (χ1) is 8.61. The molecule has 0 aromatic carbocycles. The van der Waals surface area contributed by atoms with Gasteiger partial charge < -0.3 is 9.64 Å². The molecule has 102 valence electrons. The van der Waals surface area contributed by atoms with Gasteiger partial charge in [0, 0.05) is 31.7 Å². The molecule has 1 spiro atoms. The van der Waals surface area contributed by atoms with Crippen molar-refractivity contribution in [1.29, 1.82) is 0 Å². The Morgan fingerprint density at radius 1 is 1.33 bits per heavy atom. The summed E-state index contributed by atoms with van der Waals surface area (Å²) in [4.78, 5) is 14.8. The molecule has 18 heavy (non-hydrogen) atoms. The van der Waals surface area contributed by atoms with Crippen LogP contribution in [-0.4, -0.2) is 36.6 Å². The van der Waals surface area contributed by atoms with Crippen LogP contribution in [0.2, 0.25) is 0 Å². The maximum atomic E-state index is 12.7. The first kappa shape index (κ1) is 12.5. The highest BCUT2D eigenvalue weighted by Crippen LogP contribution is 2.55. The van der Waals surface area contributed by atoms with Crippen LogP contribution in [0.5, 0.6) is 0 Å². The Morgan fingerprint density at radius 3 is 2.56 bits per heavy atom. The number of carbonyl (C=O) groups is 1. The SMILES string of the molecule is CC(C(=O)N1CC2(CC2)C[C@H]1C)C1CCOCC1. The fraction of sp³-hybridized carbons (Fsp3) is 0.933. The van der Waals surface area contributed by atoms with Gasteiger partial charge in [0.1, 0.15) is 0 Å². The predicted molar refractivity (Wildman–Crippen MR) is 70.2 cm³/mol. The summed E-state index contributed by atoms with van der Waals surface area (Å²) in [7, 11) is 0. The minimum Gasteiger partial charge on any atom is -0.381 e. The van der Waals surface area contributed by atoms with Crippen LogP contribution in [0.1, 0.15) is 46.0 Å². The Kier molecular flexibility index (Phi) is 3.13. The van der Waals surface area contributed by atoms with Gasteiger partial charge in [0.25, 0.3) is 0 Å². The monoisotopic (exact) mass is 251 g/mol. The highest BCUT2D eigenvalue weighted by molar-refractivity contribution is 5.79. The lowest BCUT2D eigenvalue weighted by atomic mass is 9.86. The molecule has 2 saturated heterocycles. The highest BCUT2D eigenvalue weighted by atomic mass is 16.5. The van der Waals surface area contributed by atoms with Crippen LogP contribution in [0, 0.1) is 17.3 Å². The van der Waals surface area contributed by atoms with Gasteiger partial charge in [-0.2, -0.15) is 0 Å². The van der Waals surface area contributed by atoms with E-state index in [1.165, 1.54) is 19.3 Å². The number of hydrogen-bond donors (Lipinski definition) is 0. The topological polar surface area (TPSA) is 29.5 Å². The molecule has 3 rings (SSSR count). The highest BCUT2D eigenvalue weighted by Gasteiger charge is 2.52. The number of carbonyl (C=O) groups excluding carboxylic acids is 1. The molecule has 3 nitrogen and oxygen atoms in total. The van der Waals surface area contributed by atoms with Crippen molar-refractivity contribution in [2.45, 2.75) is 52.0 Å². The molecule has 0 radical (unpaired) electrons. The van der Waals surface area contributed by atoms with Crippen molar-refractivity contribution >= 4 is 5.91 Å². The number of nitrogens with zero attached hydrogens (tertiary/aromatic N) is 1. The van der Waals surface area contributed by atoms with Gasteiger partial charge in [-0.1, -0.05) is 6.92 Å². The van der Waals surface area contributed by atoms with Crippen molar-refractivity contribution < 1.29 is 9.53 Å². The molecule has 1 saturated carbocycles. The summed E-state index contributed by atoms with van der Waals surface area (Å²) in [5, 5.41) is 0. The van der Waals surface area contributed by atoms with E-state index in [-0.39, 0.29) is 5.92 Å². The lowest BCUT2D eigenvalue weighted by Gasteiger charge is -2.31. The molecule has 3 fully saturated rings. The zero-order valence-electron chi connectivity index (χ0n) is 11.7. The zero-order chi connectivity index (χ0) is 12.8. The summed E-state index contributed by atoms with van der Waals surface area (Å²) in [6.07, 6.45) is 6.03. The molecule has 3 heteroatoms. The van der Waals surface area contributed by atoms with Crippen molar-refractivity contribution in [3.05, 3.63) is 0 Å². The van der Waals surface area contributed by atoms with Crippen molar-refractivity contribution in [3.8, 4) is 0 Å². The van der Waals surface area contributed by atoms with Crippen LogP contribution < -0.4 is 0 Å². The molecule has 3 aliphatic rings. The van der Waals surface area contributed by atoms with E-state index in [0.29, 0.717) is 23.3 Å². The number of hydrogen-bond acceptors (Lipinski definition) is 2. The number of amides is 1. The van der Waals surface area contributed by atoms with Gasteiger partial charge in [-0.25, -0.2) is 0 Å². The lowest BCUT2D eigenvalue weighted by Crippen LogP contribution is -2.41. The quantitative estimate of drug-likeness (QED) is 0.754. The van der Waals surface area contributed by atoms with Gasteiger partial charge in [-0.3, -0.25) is 4.79 Å². The Morgan fingerprint density at radius 2 is 2.00 bits per heavy atom. The van der Waals surface area contributed by atoms with Crippen LogP contribution in [0.3, 0.4) is 0 Å². The Labute approximate surface area is 110 Å². The molecule has 1 amide bonds. The summed E-state index contributed by atoms with van der Waals surface area (Å²) >= 11 is 0. The maximum Gasteiger partial charge on any atom is 0.225 e. The molecule has 0 N–H and O–H groups in total. The molecule has 1 unspecified atom stereocenters. The Hall–Kier alpha value is -0.570. The van der Waals surface area contributed by atoms with E-state index in [1.807, 2.05) is 0 Å². The largest absolute Gasteiger partial charge is 0.381 e. The van der Waals surface area contributed by atoms with Gasteiger partial charge in [0.2, 0.25) is 5.91 Å². The number of rotatable bonds is 2. The summed E-state index contributed by atoms with van der Waals surface area (Å²) in [6, 6.07) is 0.460. The Balaban J connectivity index is 1.62. The molecule has 0 aromatic rings. The molecular formula is C15H25NO2. The molecule has 1 aliphatic carbocycles. The molecule has 0 bridgehead atoms. The summed E-state index contributed by atoms with van der Waals surface area (Å²) in [6.45, 7) is 7.05. The van der Waals surface area contributed by atoms with Crippen LogP contribution >= 0.6 is 0 Å². The van der Waals surface area contributed by atoms with Gasteiger partial charge in [0.15, 0.2) is 0 Å². The van der Waals surface area contributed by atoms with Crippen LogP contribution in [-0.2, 0) is 9.53 Å². The van der Waals surface area contributed by atoms with Crippen LogP contribution in [0.4, 0.5) is 0 Å². The van der Waals surface area contributed by atoms with Crippen molar-refractivity contribution in [2.75, 3.05) is 19.8 Å². The summed E-state index contributed by atoms with van der Waals surface area (Å²) in [5.74, 6) is 1.12. The fourth-order valence-electron chi connectivity index (χ4n) is 3.83. The van der Waals surface area contributed by atoms with E-state index in [9.17, 15) is 4.79 Å². The van der Waals surface area contributed by atoms with E-state index >= 15 is 0 Å². The molecule has 2 aliphatic heterocycles. The second kappa shape index (κ2) is 4.52. The second-order valence-corrected chi connectivity index (χ2v) is 6.76. The lowest BCUT2D eigenvalue weighted by molar-refractivity contribution is -0.138. The smallest absolute Gasteiger partial charge is 0.225 e. The summed E-state index contributed by atoms with van der Waals surface area (Å²) in [5.41, 5.74) is 0.532. The minimum atomic E-state index is 0.185. The second-order valence-electron chi connectivity index (χ2n) is 6.76. The average Bonchev–Trinajstić information content (AvgIpc) is 3.06. The van der Waals surface area contributed by atoms with E-state index in [2.05, 4.69) is 18.7 Å². The third-order valence-electron chi connectivity index (χ3n) is 5.37.